The third-order valence-corrected chi connectivity index (χ3v) is 3.02. The smallest absolute Gasteiger partial charge is 0.161 e. The van der Waals surface area contributed by atoms with E-state index in [1.54, 1.807) is 7.11 Å². The van der Waals surface area contributed by atoms with Gasteiger partial charge in [-0.3, -0.25) is 0 Å². The maximum atomic E-state index is 5.79. The van der Waals surface area contributed by atoms with Gasteiger partial charge in [0.1, 0.15) is 0 Å². The summed E-state index contributed by atoms with van der Waals surface area (Å²) in [6.45, 7) is 7.49. The number of hydrogen-bond donors (Lipinski definition) is 0. The second-order valence-electron chi connectivity index (χ2n) is 4.93. The Labute approximate surface area is 103 Å². The summed E-state index contributed by atoms with van der Waals surface area (Å²) < 4.78 is 16.7. The highest BCUT2D eigenvalue weighted by Crippen LogP contribution is 2.36. The minimum atomic E-state index is -0.0922. The Kier molecular flexibility index (Phi) is 3.29. The highest BCUT2D eigenvalue weighted by Gasteiger charge is 2.27. The fourth-order valence-electron chi connectivity index (χ4n) is 2.15. The molecular formula is C14H20O3. The van der Waals surface area contributed by atoms with E-state index in [9.17, 15) is 0 Å². The summed E-state index contributed by atoms with van der Waals surface area (Å²) >= 11 is 0. The first-order valence-corrected chi connectivity index (χ1v) is 6.02. The van der Waals surface area contributed by atoms with Crippen LogP contribution < -0.4 is 9.47 Å². The largest absolute Gasteiger partial charge is 0.493 e. The average Bonchev–Trinajstić information content (AvgIpc) is 2.27. The molecule has 0 saturated carbocycles. The lowest BCUT2D eigenvalue weighted by Gasteiger charge is -2.32. The highest BCUT2D eigenvalue weighted by molar-refractivity contribution is 5.48. The first-order valence-electron chi connectivity index (χ1n) is 6.02. The fourth-order valence-corrected chi connectivity index (χ4v) is 2.15. The monoisotopic (exact) mass is 236 g/mol. The van der Waals surface area contributed by atoms with Crippen molar-refractivity contribution in [1.29, 1.82) is 0 Å². The van der Waals surface area contributed by atoms with Crippen LogP contribution in [0, 0.1) is 0 Å². The molecule has 1 aromatic rings. The van der Waals surface area contributed by atoms with Gasteiger partial charge in [-0.2, -0.15) is 0 Å². The molecule has 1 aromatic carbocycles. The molecule has 17 heavy (non-hydrogen) atoms. The van der Waals surface area contributed by atoms with Gasteiger partial charge in [-0.1, -0.05) is 0 Å². The van der Waals surface area contributed by atoms with E-state index >= 15 is 0 Å². The van der Waals surface area contributed by atoms with Crippen LogP contribution in [0.1, 0.15) is 31.9 Å². The van der Waals surface area contributed by atoms with Gasteiger partial charge in [0, 0.05) is 6.42 Å². The lowest BCUT2D eigenvalue weighted by molar-refractivity contribution is -0.0402. The zero-order valence-electron chi connectivity index (χ0n) is 11.0. The quantitative estimate of drug-likeness (QED) is 0.807. The molecule has 3 heteroatoms. The summed E-state index contributed by atoms with van der Waals surface area (Å²) in [5.74, 6) is 1.61. The van der Waals surface area contributed by atoms with E-state index in [0.717, 1.165) is 17.9 Å². The third-order valence-electron chi connectivity index (χ3n) is 3.02. The molecule has 0 aromatic heterocycles. The summed E-state index contributed by atoms with van der Waals surface area (Å²) in [6, 6.07) is 4.11. The maximum Gasteiger partial charge on any atom is 0.161 e. The summed E-state index contributed by atoms with van der Waals surface area (Å²) in [5, 5.41) is 0. The van der Waals surface area contributed by atoms with Crippen LogP contribution >= 0.6 is 0 Å². The van der Waals surface area contributed by atoms with E-state index in [2.05, 4.69) is 19.9 Å². The number of benzene rings is 1. The van der Waals surface area contributed by atoms with Crippen LogP contribution in [0.5, 0.6) is 11.5 Å². The number of hydrogen-bond acceptors (Lipinski definition) is 3. The second-order valence-corrected chi connectivity index (χ2v) is 4.93. The van der Waals surface area contributed by atoms with Gasteiger partial charge in [0.2, 0.25) is 0 Å². The van der Waals surface area contributed by atoms with Gasteiger partial charge in [-0.15, -0.1) is 0 Å². The maximum absolute atomic E-state index is 5.79. The fraction of sp³-hybridized carbons (Fsp3) is 0.571. The molecule has 94 valence electrons. The predicted molar refractivity (Wildman–Crippen MR) is 66.7 cm³/mol. The Morgan fingerprint density at radius 1 is 1.24 bits per heavy atom. The van der Waals surface area contributed by atoms with E-state index < -0.39 is 0 Å². The topological polar surface area (TPSA) is 27.7 Å². The summed E-state index contributed by atoms with van der Waals surface area (Å²) in [6.07, 6.45) is 0.909. The molecule has 1 aliphatic rings. The Morgan fingerprint density at radius 3 is 2.59 bits per heavy atom. The molecule has 0 aliphatic carbocycles. The molecule has 0 unspecified atom stereocenters. The summed E-state index contributed by atoms with van der Waals surface area (Å²) in [4.78, 5) is 0. The normalized spacial score (nSPS) is 17.4. The van der Waals surface area contributed by atoms with Crippen LogP contribution in [-0.4, -0.2) is 19.3 Å². The highest BCUT2D eigenvalue weighted by atomic mass is 16.5. The van der Waals surface area contributed by atoms with Gasteiger partial charge in [-0.05, 0) is 44.0 Å². The minimum absolute atomic E-state index is 0.0922. The van der Waals surface area contributed by atoms with Crippen molar-refractivity contribution in [3.63, 3.8) is 0 Å². The standard InChI is InChI=1S/C14H20O3/c1-5-16-13-6-10-8-14(2,3)17-9-11(10)7-12(13)15-4/h6-7H,5,8-9H2,1-4H3. The van der Waals surface area contributed by atoms with Crippen molar-refractivity contribution in [2.24, 2.45) is 0 Å². The van der Waals surface area contributed by atoms with Crippen LogP contribution in [-0.2, 0) is 17.8 Å². The van der Waals surface area contributed by atoms with Crippen molar-refractivity contribution in [3.05, 3.63) is 23.3 Å². The van der Waals surface area contributed by atoms with Gasteiger partial charge < -0.3 is 14.2 Å². The van der Waals surface area contributed by atoms with Crippen LogP contribution in [0.15, 0.2) is 12.1 Å². The Hall–Kier alpha value is -1.22. The van der Waals surface area contributed by atoms with E-state index in [1.165, 1.54) is 11.1 Å². The Balaban J connectivity index is 2.38. The van der Waals surface area contributed by atoms with Crippen molar-refractivity contribution < 1.29 is 14.2 Å². The molecule has 0 saturated heterocycles. The lowest BCUT2D eigenvalue weighted by Crippen LogP contribution is -2.31. The van der Waals surface area contributed by atoms with Crippen LogP contribution in [0.3, 0.4) is 0 Å². The van der Waals surface area contributed by atoms with Gasteiger partial charge in [-0.25, -0.2) is 0 Å². The minimum Gasteiger partial charge on any atom is -0.493 e. The zero-order valence-corrected chi connectivity index (χ0v) is 11.0. The number of rotatable bonds is 3. The first-order chi connectivity index (χ1) is 8.05. The van der Waals surface area contributed by atoms with E-state index in [1.807, 2.05) is 13.0 Å². The molecule has 0 fully saturated rings. The lowest BCUT2D eigenvalue weighted by atomic mass is 9.91. The molecule has 3 nitrogen and oxygen atoms in total. The molecule has 0 N–H and O–H groups in total. The second kappa shape index (κ2) is 4.57. The molecule has 0 spiro atoms. The molecular weight excluding hydrogens is 216 g/mol. The molecule has 0 amide bonds. The van der Waals surface area contributed by atoms with E-state index in [4.69, 9.17) is 14.2 Å². The summed E-state index contributed by atoms with van der Waals surface area (Å²) in [5.41, 5.74) is 2.40. The van der Waals surface area contributed by atoms with Crippen LogP contribution in [0.2, 0.25) is 0 Å². The molecule has 2 rings (SSSR count). The first kappa shape index (κ1) is 12.2. The predicted octanol–water partition coefficient (Wildman–Crippen LogP) is 2.95. The molecule has 1 aliphatic heterocycles. The van der Waals surface area contributed by atoms with Crippen LogP contribution in [0.4, 0.5) is 0 Å². The van der Waals surface area contributed by atoms with E-state index in [-0.39, 0.29) is 5.60 Å². The Bertz CT molecular complexity index is 410. The number of ether oxygens (including phenoxy) is 3. The number of fused-ring (bicyclic) bond motifs is 1. The SMILES string of the molecule is CCOc1cc2c(cc1OC)COC(C)(C)C2. The third kappa shape index (κ3) is 2.55. The van der Waals surface area contributed by atoms with Gasteiger partial charge in [0.25, 0.3) is 0 Å². The average molecular weight is 236 g/mol. The zero-order chi connectivity index (χ0) is 12.5. The molecule has 1 heterocycles. The summed E-state index contributed by atoms with van der Waals surface area (Å²) in [7, 11) is 1.66. The van der Waals surface area contributed by atoms with Gasteiger partial charge in [0.05, 0.1) is 25.9 Å². The number of methoxy groups -OCH3 is 1. The van der Waals surface area contributed by atoms with E-state index in [0.29, 0.717) is 13.2 Å². The van der Waals surface area contributed by atoms with Gasteiger partial charge >= 0.3 is 0 Å². The van der Waals surface area contributed by atoms with Crippen molar-refractivity contribution in [3.8, 4) is 11.5 Å². The molecule has 0 atom stereocenters. The van der Waals surface area contributed by atoms with Crippen molar-refractivity contribution >= 4 is 0 Å². The van der Waals surface area contributed by atoms with Crippen molar-refractivity contribution in [2.75, 3.05) is 13.7 Å². The molecule has 0 radical (unpaired) electrons. The van der Waals surface area contributed by atoms with Crippen LogP contribution in [0.25, 0.3) is 0 Å². The van der Waals surface area contributed by atoms with Crippen molar-refractivity contribution in [1.82, 2.24) is 0 Å². The van der Waals surface area contributed by atoms with Gasteiger partial charge in [0.15, 0.2) is 11.5 Å². The molecule has 0 bridgehead atoms. The van der Waals surface area contributed by atoms with Crippen molar-refractivity contribution in [2.45, 2.75) is 39.4 Å². The Morgan fingerprint density at radius 2 is 1.94 bits per heavy atom.